The summed E-state index contributed by atoms with van der Waals surface area (Å²) in [5, 5.41) is 12.9. The molecular formula is C19H27N3O6S2. The number of rotatable bonds is 6. The number of hydrogen-bond donors (Lipinski definition) is 2. The van der Waals surface area contributed by atoms with Gasteiger partial charge in [0.1, 0.15) is 5.37 Å². The van der Waals surface area contributed by atoms with Crippen molar-refractivity contribution in [2.75, 3.05) is 19.9 Å². The highest BCUT2D eigenvalue weighted by Gasteiger charge is 2.58. The van der Waals surface area contributed by atoms with Crippen molar-refractivity contribution in [3.63, 3.8) is 0 Å². The SMILES string of the molecule is CC1=NCC(SC2=C(C(=O)OCOC(=O)C(C)(C)C)N3C(=O)C(C(C)O)[C@H]3S2)CN1. The van der Waals surface area contributed by atoms with Crippen LogP contribution in [0.25, 0.3) is 0 Å². The van der Waals surface area contributed by atoms with E-state index < -0.39 is 36.2 Å². The van der Waals surface area contributed by atoms with E-state index in [0.717, 1.165) is 5.84 Å². The fraction of sp³-hybridized carbons (Fsp3) is 0.684. The zero-order valence-electron chi connectivity index (χ0n) is 17.6. The Morgan fingerprint density at radius 3 is 2.67 bits per heavy atom. The van der Waals surface area contributed by atoms with Crippen molar-refractivity contribution in [3.8, 4) is 0 Å². The molecule has 0 saturated carbocycles. The lowest BCUT2D eigenvalue weighted by molar-refractivity contribution is -0.174. The molecule has 1 fully saturated rings. The van der Waals surface area contributed by atoms with E-state index in [1.165, 1.54) is 28.4 Å². The highest BCUT2D eigenvalue weighted by atomic mass is 32.2. The van der Waals surface area contributed by atoms with Gasteiger partial charge in [-0.1, -0.05) is 11.8 Å². The second-order valence-electron chi connectivity index (χ2n) is 8.40. The van der Waals surface area contributed by atoms with Gasteiger partial charge in [0.05, 0.1) is 34.1 Å². The summed E-state index contributed by atoms with van der Waals surface area (Å²) in [6, 6.07) is 0. The first kappa shape index (κ1) is 23.0. The average Bonchev–Trinajstić information content (AvgIpc) is 2.96. The Morgan fingerprint density at radius 2 is 2.10 bits per heavy atom. The summed E-state index contributed by atoms with van der Waals surface area (Å²) in [5.74, 6) is -1.23. The molecule has 3 rings (SSSR count). The van der Waals surface area contributed by atoms with Gasteiger partial charge in [0.25, 0.3) is 0 Å². The number of hydrogen-bond acceptors (Lipinski definition) is 10. The van der Waals surface area contributed by atoms with E-state index >= 15 is 0 Å². The van der Waals surface area contributed by atoms with Crippen LogP contribution in [0, 0.1) is 11.3 Å². The summed E-state index contributed by atoms with van der Waals surface area (Å²) in [6.07, 6.45) is -0.816. The Kier molecular flexibility index (Phi) is 6.73. The maximum Gasteiger partial charge on any atom is 0.359 e. The number of β-lactam (4-membered cyclic amide) rings is 1. The highest BCUT2D eigenvalue weighted by molar-refractivity contribution is 8.23. The van der Waals surface area contributed by atoms with Crippen LogP contribution in [-0.2, 0) is 23.9 Å². The largest absolute Gasteiger partial charge is 0.427 e. The number of thioether (sulfide) groups is 2. The lowest BCUT2D eigenvalue weighted by Gasteiger charge is -2.43. The van der Waals surface area contributed by atoms with Crippen LogP contribution in [-0.4, -0.2) is 70.3 Å². The van der Waals surface area contributed by atoms with Gasteiger partial charge in [0.15, 0.2) is 5.70 Å². The predicted molar refractivity (Wildman–Crippen MR) is 114 cm³/mol. The summed E-state index contributed by atoms with van der Waals surface area (Å²) >= 11 is 2.84. The topological polar surface area (TPSA) is 118 Å². The minimum absolute atomic E-state index is 0.0940. The zero-order chi connectivity index (χ0) is 22.2. The fourth-order valence-corrected chi connectivity index (χ4v) is 6.25. The molecule has 0 spiro atoms. The van der Waals surface area contributed by atoms with E-state index in [4.69, 9.17) is 9.47 Å². The number of amides is 1. The molecule has 9 nitrogen and oxygen atoms in total. The van der Waals surface area contributed by atoms with Crippen molar-refractivity contribution in [3.05, 3.63) is 9.93 Å². The van der Waals surface area contributed by atoms with Crippen molar-refractivity contribution >= 4 is 47.2 Å². The Balaban J connectivity index is 1.72. The first-order chi connectivity index (χ1) is 14.0. The highest BCUT2D eigenvalue weighted by Crippen LogP contribution is 2.54. The third kappa shape index (κ3) is 4.62. The Labute approximate surface area is 184 Å². The van der Waals surface area contributed by atoms with Gasteiger partial charge in [-0.3, -0.25) is 19.5 Å². The average molecular weight is 458 g/mol. The maximum atomic E-state index is 12.8. The summed E-state index contributed by atoms with van der Waals surface area (Å²) in [6.45, 7) is 9.31. The van der Waals surface area contributed by atoms with E-state index in [1.807, 2.05) is 6.92 Å². The minimum atomic E-state index is -0.816. The van der Waals surface area contributed by atoms with Crippen LogP contribution < -0.4 is 5.32 Å². The number of amidine groups is 1. The number of carbonyl (C=O) groups excluding carboxylic acids is 3. The monoisotopic (exact) mass is 457 g/mol. The molecule has 1 saturated heterocycles. The lowest BCUT2D eigenvalue weighted by atomic mass is 9.92. The second kappa shape index (κ2) is 8.80. The van der Waals surface area contributed by atoms with Crippen molar-refractivity contribution in [1.29, 1.82) is 0 Å². The predicted octanol–water partition coefficient (Wildman–Crippen LogP) is 1.28. The van der Waals surface area contributed by atoms with Crippen molar-refractivity contribution in [2.45, 2.75) is 51.3 Å². The quantitative estimate of drug-likeness (QED) is 0.345. The van der Waals surface area contributed by atoms with E-state index in [9.17, 15) is 19.5 Å². The first-order valence-electron chi connectivity index (χ1n) is 9.68. The molecule has 1 amide bonds. The van der Waals surface area contributed by atoms with Crippen LogP contribution in [0.4, 0.5) is 0 Å². The number of carbonyl (C=O) groups is 3. The van der Waals surface area contributed by atoms with Crippen molar-refractivity contribution in [2.24, 2.45) is 16.3 Å². The molecule has 3 unspecified atom stereocenters. The smallest absolute Gasteiger partial charge is 0.359 e. The Bertz CT molecular complexity index is 805. The summed E-state index contributed by atoms with van der Waals surface area (Å²) in [7, 11) is 0. The van der Waals surface area contributed by atoms with Gasteiger partial charge in [-0.05, 0) is 34.6 Å². The normalized spacial score (nSPS) is 27.0. The molecule has 4 atom stereocenters. The molecule has 0 bridgehead atoms. The molecule has 2 N–H and O–H groups in total. The van der Waals surface area contributed by atoms with Crippen LogP contribution in [0.2, 0.25) is 0 Å². The second-order valence-corrected chi connectivity index (χ2v) is 11.1. The third-order valence-corrected chi connectivity index (χ3v) is 7.63. The molecule has 166 valence electrons. The van der Waals surface area contributed by atoms with E-state index in [1.54, 1.807) is 27.7 Å². The summed E-state index contributed by atoms with van der Waals surface area (Å²) in [4.78, 5) is 43.0. The number of ether oxygens (including phenoxy) is 2. The number of aliphatic hydroxyl groups is 1. The number of aliphatic hydroxyl groups excluding tert-OH is 1. The molecule has 0 aromatic rings. The maximum absolute atomic E-state index is 12.8. The van der Waals surface area contributed by atoms with Crippen molar-refractivity contribution in [1.82, 2.24) is 10.2 Å². The fourth-order valence-electron chi connectivity index (χ4n) is 3.10. The summed E-state index contributed by atoms with van der Waals surface area (Å²) < 4.78 is 10.8. The third-order valence-electron chi connectivity index (χ3n) is 4.84. The molecule has 3 heterocycles. The van der Waals surface area contributed by atoms with Gasteiger partial charge in [-0.25, -0.2) is 4.79 Å². The minimum Gasteiger partial charge on any atom is -0.427 e. The number of fused-ring (bicyclic) bond motifs is 1. The molecule has 0 radical (unpaired) electrons. The van der Waals surface area contributed by atoms with Crippen LogP contribution in [0.3, 0.4) is 0 Å². The number of aliphatic imine (C=N–C) groups is 1. The molecule has 0 aromatic carbocycles. The molecule has 3 aliphatic rings. The van der Waals surface area contributed by atoms with Crippen LogP contribution in [0.15, 0.2) is 14.9 Å². The molecule has 0 aliphatic carbocycles. The number of nitrogens with one attached hydrogen (secondary N) is 1. The summed E-state index contributed by atoms with van der Waals surface area (Å²) in [5.41, 5.74) is -0.569. The van der Waals surface area contributed by atoms with Gasteiger partial charge in [-0.2, -0.15) is 0 Å². The van der Waals surface area contributed by atoms with Crippen LogP contribution >= 0.6 is 23.5 Å². The molecule has 0 aromatic heterocycles. The van der Waals surface area contributed by atoms with E-state index in [0.29, 0.717) is 17.3 Å². The van der Waals surface area contributed by atoms with Crippen LogP contribution in [0.5, 0.6) is 0 Å². The van der Waals surface area contributed by atoms with Gasteiger partial charge in [0, 0.05) is 11.8 Å². The van der Waals surface area contributed by atoms with E-state index in [2.05, 4.69) is 10.3 Å². The van der Waals surface area contributed by atoms with Gasteiger partial charge in [-0.15, -0.1) is 11.8 Å². The number of esters is 2. The Hall–Kier alpha value is -1.72. The lowest BCUT2D eigenvalue weighted by Crippen LogP contribution is -2.60. The standard InChI is InChI=1S/C19H27N3O6S2/c1-9(23)12-14(24)22-13(16(25)27-8-28-18(26)19(3,4)5)17(30-15(12)22)29-11-6-20-10(2)21-7-11/h9,11-12,15,23H,6-8H2,1-5H3,(H,20,21)/t9?,12?,15-/m1/s1. The number of nitrogens with zero attached hydrogens (tertiary/aromatic N) is 2. The van der Waals surface area contributed by atoms with Gasteiger partial charge >= 0.3 is 11.9 Å². The molecule has 11 heteroatoms. The van der Waals surface area contributed by atoms with Gasteiger partial charge in [0.2, 0.25) is 12.7 Å². The molecule has 3 aliphatic heterocycles. The van der Waals surface area contributed by atoms with E-state index in [-0.39, 0.29) is 22.2 Å². The zero-order valence-corrected chi connectivity index (χ0v) is 19.3. The van der Waals surface area contributed by atoms with Crippen molar-refractivity contribution < 1.29 is 29.0 Å². The Morgan fingerprint density at radius 1 is 1.40 bits per heavy atom. The molecule has 30 heavy (non-hydrogen) atoms. The van der Waals surface area contributed by atoms with Gasteiger partial charge < -0.3 is 19.9 Å². The molecular weight excluding hydrogens is 430 g/mol. The van der Waals surface area contributed by atoms with Crippen LogP contribution in [0.1, 0.15) is 34.6 Å². The first-order valence-corrected chi connectivity index (χ1v) is 11.4.